The van der Waals surface area contributed by atoms with Gasteiger partial charge in [0.1, 0.15) is 5.75 Å². The van der Waals surface area contributed by atoms with Gasteiger partial charge in [-0.15, -0.1) is 0 Å². The minimum absolute atomic E-state index is 0.0655. The average Bonchev–Trinajstić information content (AvgIpc) is 2.69. The zero-order valence-electron chi connectivity index (χ0n) is 15.4. The zero-order chi connectivity index (χ0) is 19.5. The third-order valence-corrected chi connectivity index (χ3v) is 4.05. The Kier molecular flexibility index (Phi) is 8.53. The largest absolute Gasteiger partial charge is 0.494 e. The number of ether oxygens (including phenoxy) is 1. The van der Waals surface area contributed by atoms with Crippen molar-refractivity contribution in [1.29, 1.82) is 0 Å². The summed E-state index contributed by atoms with van der Waals surface area (Å²) in [4.78, 5) is 23.0. The highest BCUT2D eigenvalue weighted by Crippen LogP contribution is 2.15. The molecule has 0 saturated heterocycles. The van der Waals surface area contributed by atoms with Crippen LogP contribution in [0.1, 0.15) is 47.7 Å². The van der Waals surface area contributed by atoms with Gasteiger partial charge < -0.3 is 4.74 Å². The molecule has 0 fully saturated rings. The summed E-state index contributed by atoms with van der Waals surface area (Å²) in [5.74, 6) is 0.718. The molecule has 140 valence electrons. The Hall–Kier alpha value is -2.65. The summed E-state index contributed by atoms with van der Waals surface area (Å²) in [5.41, 5.74) is 2.38. The first-order valence-corrected chi connectivity index (χ1v) is 9.39. The van der Waals surface area contributed by atoms with Crippen LogP contribution in [-0.4, -0.2) is 17.6 Å². The maximum absolute atomic E-state index is 12.3. The van der Waals surface area contributed by atoms with Crippen molar-refractivity contribution in [2.45, 2.75) is 26.2 Å². The Morgan fingerprint density at radius 3 is 2.04 bits per heavy atom. The van der Waals surface area contributed by atoms with E-state index in [4.69, 9.17) is 16.3 Å². The van der Waals surface area contributed by atoms with E-state index >= 15 is 0 Å². The third kappa shape index (κ3) is 7.63. The Bertz CT molecular complexity index is 803. The van der Waals surface area contributed by atoms with Crippen molar-refractivity contribution in [2.24, 2.45) is 0 Å². The highest BCUT2D eigenvalue weighted by Gasteiger charge is 2.02. The number of halogens is 1. The van der Waals surface area contributed by atoms with Crippen molar-refractivity contribution < 1.29 is 14.3 Å². The quantitative estimate of drug-likeness (QED) is 0.221. The lowest BCUT2D eigenvalue weighted by Crippen LogP contribution is -1.98. The summed E-state index contributed by atoms with van der Waals surface area (Å²) in [6.45, 7) is 2.86. The highest BCUT2D eigenvalue weighted by atomic mass is 35.5. The fraction of sp³-hybridized carbons (Fsp3) is 0.217. The van der Waals surface area contributed by atoms with E-state index < -0.39 is 5.24 Å². The van der Waals surface area contributed by atoms with Crippen LogP contribution in [0.3, 0.4) is 0 Å². The number of carbonyl (C=O) groups is 2. The summed E-state index contributed by atoms with van der Waals surface area (Å²) in [5, 5.41) is -0.512. The van der Waals surface area contributed by atoms with Gasteiger partial charge in [0.25, 0.3) is 0 Å². The molecule has 2 aromatic carbocycles. The normalized spacial score (nSPS) is 11.2. The Morgan fingerprint density at radius 2 is 1.48 bits per heavy atom. The van der Waals surface area contributed by atoms with Crippen LogP contribution in [-0.2, 0) is 4.79 Å². The standard InChI is InChI=1S/C23H23ClO3/c1-2-3-4-17-27-21-13-11-20(12-14-21)22(25)15-9-18-5-7-19(8-6-18)10-16-23(24)26/h5-16H,2-4,17H2,1H3. The van der Waals surface area contributed by atoms with E-state index in [1.807, 2.05) is 36.4 Å². The molecule has 0 heterocycles. The topological polar surface area (TPSA) is 43.4 Å². The summed E-state index contributed by atoms with van der Waals surface area (Å²) in [7, 11) is 0. The van der Waals surface area contributed by atoms with E-state index in [-0.39, 0.29) is 5.78 Å². The molecule has 2 rings (SSSR count). The molecule has 0 spiro atoms. The maximum atomic E-state index is 12.3. The first-order chi connectivity index (χ1) is 13.1. The first kappa shape index (κ1) is 20.7. The van der Waals surface area contributed by atoms with Gasteiger partial charge in [0, 0.05) is 5.56 Å². The molecular formula is C23H23ClO3. The minimum Gasteiger partial charge on any atom is -0.494 e. The van der Waals surface area contributed by atoms with Crippen LogP contribution in [0, 0.1) is 0 Å². The molecule has 2 aromatic rings. The van der Waals surface area contributed by atoms with Crippen molar-refractivity contribution in [3.63, 3.8) is 0 Å². The maximum Gasteiger partial charge on any atom is 0.245 e. The third-order valence-electron chi connectivity index (χ3n) is 3.93. The molecule has 0 aliphatic heterocycles. The summed E-state index contributed by atoms with van der Waals surface area (Å²) < 4.78 is 5.65. The molecule has 0 radical (unpaired) electrons. The monoisotopic (exact) mass is 382 g/mol. The van der Waals surface area contributed by atoms with Crippen molar-refractivity contribution in [3.8, 4) is 5.75 Å². The summed E-state index contributed by atoms with van der Waals surface area (Å²) >= 11 is 5.27. The van der Waals surface area contributed by atoms with Crippen LogP contribution in [0.25, 0.3) is 12.2 Å². The van der Waals surface area contributed by atoms with Crippen molar-refractivity contribution in [1.82, 2.24) is 0 Å². The molecule has 0 aromatic heterocycles. The molecule has 0 saturated carbocycles. The van der Waals surface area contributed by atoms with Gasteiger partial charge in [-0.05, 0) is 65.6 Å². The van der Waals surface area contributed by atoms with E-state index in [0.717, 1.165) is 36.1 Å². The molecule has 0 bridgehead atoms. The Balaban J connectivity index is 1.91. The summed E-state index contributed by atoms with van der Waals surface area (Å²) in [6.07, 6.45) is 9.60. The van der Waals surface area contributed by atoms with Gasteiger partial charge in [-0.25, -0.2) is 0 Å². The van der Waals surface area contributed by atoms with Crippen molar-refractivity contribution in [3.05, 3.63) is 77.4 Å². The average molecular weight is 383 g/mol. The molecule has 0 amide bonds. The smallest absolute Gasteiger partial charge is 0.245 e. The van der Waals surface area contributed by atoms with E-state index in [2.05, 4.69) is 6.92 Å². The lowest BCUT2D eigenvalue weighted by molar-refractivity contribution is -0.107. The van der Waals surface area contributed by atoms with E-state index in [1.54, 1.807) is 30.4 Å². The molecule has 0 unspecified atom stereocenters. The van der Waals surface area contributed by atoms with Crippen LogP contribution in [0.5, 0.6) is 5.75 Å². The molecule has 0 aliphatic rings. The van der Waals surface area contributed by atoms with Crippen LogP contribution in [0.2, 0.25) is 0 Å². The molecule has 0 aliphatic carbocycles. The van der Waals surface area contributed by atoms with Gasteiger partial charge in [-0.1, -0.05) is 56.2 Å². The predicted molar refractivity (Wildman–Crippen MR) is 111 cm³/mol. The van der Waals surface area contributed by atoms with E-state index in [0.29, 0.717) is 12.2 Å². The second-order valence-electron chi connectivity index (χ2n) is 6.08. The fourth-order valence-corrected chi connectivity index (χ4v) is 2.47. The molecule has 4 heteroatoms. The number of allylic oxidation sites excluding steroid dienone is 2. The van der Waals surface area contributed by atoms with Crippen LogP contribution in [0.4, 0.5) is 0 Å². The SMILES string of the molecule is CCCCCOc1ccc(C(=O)C=Cc2ccc(C=CC(=O)Cl)cc2)cc1. The van der Waals surface area contributed by atoms with Gasteiger partial charge in [-0.2, -0.15) is 0 Å². The van der Waals surface area contributed by atoms with Gasteiger partial charge in [0.05, 0.1) is 6.61 Å². The molecule has 0 atom stereocenters. The second-order valence-corrected chi connectivity index (χ2v) is 6.45. The van der Waals surface area contributed by atoms with Crippen molar-refractivity contribution in [2.75, 3.05) is 6.61 Å². The van der Waals surface area contributed by atoms with Gasteiger partial charge >= 0.3 is 0 Å². The number of carbonyl (C=O) groups excluding carboxylic acids is 2. The van der Waals surface area contributed by atoms with Crippen LogP contribution in [0.15, 0.2) is 60.7 Å². The van der Waals surface area contributed by atoms with Gasteiger partial charge in [0.15, 0.2) is 5.78 Å². The number of hydrogen-bond acceptors (Lipinski definition) is 3. The number of ketones is 1. The summed E-state index contributed by atoms with van der Waals surface area (Å²) in [6, 6.07) is 14.7. The number of benzene rings is 2. The zero-order valence-corrected chi connectivity index (χ0v) is 16.1. The fourth-order valence-electron chi connectivity index (χ4n) is 2.41. The number of hydrogen-bond donors (Lipinski definition) is 0. The number of rotatable bonds is 10. The predicted octanol–water partition coefficient (Wildman–Crippen LogP) is 5.93. The van der Waals surface area contributed by atoms with Crippen LogP contribution >= 0.6 is 11.6 Å². The van der Waals surface area contributed by atoms with E-state index in [9.17, 15) is 9.59 Å². The lowest BCUT2D eigenvalue weighted by Gasteiger charge is -2.05. The Labute approximate surface area is 165 Å². The van der Waals surface area contributed by atoms with Crippen molar-refractivity contribution >= 4 is 34.8 Å². The van der Waals surface area contributed by atoms with Gasteiger partial charge in [-0.3, -0.25) is 9.59 Å². The lowest BCUT2D eigenvalue weighted by atomic mass is 10.1. The molecule has 0 N–H and O–H groups in total. The molecular weight excluding hydrogens is 360 g/mol. The Morgan fingerprint density at radius 1 is 0.889 bits per heavy atom. The first-order valence-electron chi connectivity index (χ1n) is 9.01. The van der Waals surface area contributed by atoms with Gasteiger partial charge in [0.2, 0.25) is 5.24 Å². The minimum atomic E-state index is -0.512. The second kappa shape index (κ2) is 11.1. The number of unbranched alkanes of at least 4 members (excludes halogenated alkanes) is 2. The van der Waals surface area contributed by atoms with Crippen LogP contribution < -0.4 is 4.74 Å². The molecule has 3 nitrogen and oxygen atoms in total. The highest BCUT2D eigenvalue weighted by molar-refractivity contribution is 6.66. The molecule has 27 heavy (non-hydrogen) atoms. The van der Waals surface area contributed by atoms with E-state index in [1.165, 1.54) is 6.08 Å².